The van der Waals surface area contributed by atoms with Crippen LogP contribution in [0, 0.1) is 0 Å². The van der Waals surface area contributed by atoms with Gasteiger partial charge < -0.3 is 10.6 Å². The molecule has 0 aromatic heterocycles. The number of nitrogens with zero attached hydrogens (tertiary/aromatic N) is 1. The molecule has 26 heavy (non-hydrogen) atoms. The lowest BCUT2D eigenvalue weighted by molar-refractivity contribution is -0.137. The molecule has 2 atom stereocenters. The third-order valence-electron chi connectivity index (χ3n) is 3.55. The highest BCUT2D eigenvalue weighted by Gasteiger charge is 2.30. The Morgan fingerprint density at radius 2 is 1.88 bits per heavy atom. The molecule has 1 aromatic carbocycles. The molecule has 0 saturated heterocycles. The molecule has 150 valence electrons. The molecule has 0 amide bonds. The van der Waals surface area contributed by atoms with E-state index in [0.29, 0.717) is 23.8 Å². The van der Waals surface area contributed by atoms with Crippen molar-refractivity contribution in [2.24, 2.45) is 4.99 Å². The topological polar surface area (TPSA) is 53.5 Å². The van der Waals surface area contributed by atoms with Crippen molar-refractivity contribution in [3.8, 4) is 0 Å². The first kappa shape index (κ1) is 25.2. The van der Waals surface area contributed by atoms with Crippen LogP contribution in [0.25, 0.3) is 0 Å². The largest absolute Gasteiger partial charge is 0.416 e. The van der Waals surface area contributed by atoms with Gasteiger partial charge in [0.05, 0.1) is 11.6 Å². The number of alkyl halides is 3. The van der Waals surface area contributed by atoms with Gasteiger partial charge in [-0.3, -0.25) is 9.20 Å². The van der Waals surface area contributed by atoms with Crippen LogP contribution in [-0.2, 0) is 17.0 Å². The second kappa shape index (κ2) is 10.5. The van der Waals surface area contributed by atoms with E-state index < -0.39 is 22.5 Å². The van der Waals surface area contributed by atoms with Crippen molar-refractivity contribution >= 4 is 40.7 Å². The van der Waals surface area contributed by atoms with E-state index in [1.165, 1.54) is 6.07 Å². The predicted octanol–water partition coefficient (Wildman–Crippen LogP) is 4.10. The minimum atomic E-state index is -4.37. The zero-order chi connectivity index (χ0) is 19.3. The van der Waals surface area contributed by atoms with Crippen LogP contribution in [0.3, 0.4) is 0 Å². The van der Waals surface area contributed by atoms with E-state index in [0.717, 1.165) is 12.1 Å². The van der Waals surface area contributed by atoms with Crippen LogP contribution in [0.1, 0.15) is 44.9 Å². The van der Waals surface area contributed by atoms with Crippen molar-refractivity contribution in [1.29, 1.82) is 0 Å². The van der Waals surface area contributed by atoms with Crippen LogP contribution in [-0.4, -0.2) is 34.3 Å². The summed E-state index contributed by atoms with van der Waals surface area (Å²) in [6, 6.07) is 4.83. The minimum Gasteiger partial charge on any atom is -0.355 e. The fourth-order valence-electron chi connectivity index (χ4n) is 2.04. The highest BCUT2D eigenvalue weighted by Crippen LogP contribution is 2.30. The Morgan fingerprint density at radius 3 is 2.38 bits per heavy atom. The Bertz CT molecular complexity index is 630. The molecule has 0 aliphatic carbocycles. The van der Waals surface area contributed by atoms with Crippen LogP contribution >= 0.6 is 24.0 Å². The van der Waals surface area contributed by atoms with E-state index >= 15 is 0 Å². The molecule has 2 N–H and O–H groups in total. The lowest BCUT2D eigenvalue weighted by Crippen LogP contribution is -2.41. The zero-order valence-electron chi connectivity index (χ0n) is 15.6. The number of rotatable bonds is 5. The Labute approximate surface area is 172 Å². The van der Waals surface area contributed by atoms with Gasteiger partial charge in [-0.1, -0.05) is 12.1 Å². The molecule has 4 nitrogen and oxygen atoms in total. The highest BCUT2D eigenvalue weighted by atomic mass is 127. The summed E-state index contributed by atoms with van der Waals surface area (Å²) in [5, 5.41) is 6.09. The van der Waals surface area contributed by atoms with Gasteiger partial charge in [0.1, 0.15) is 0 Å². The van der Waals surface area contributed by atoms with E-state index in [1.54, 1.807) is 20.0 Å². The molecular formula is C17H27F3IN3OS. The fourth-order valence-corrected chi connectivity index (χ4v) is 2.94. The molecule has 0 aliphatic rings. The van der Waals surface area contributed by atoms with Gasteiger partial charge in [0.25, 0.3) is 0 Å². The number of hydrogen-bond donors (Lipinski definition) is 2. The molecule has 0 bridgehead atoms. The van der Waals surface area contributed by atoms with E-state index in [2.05, 4.69) is 15.6 Å². The first-order valence-corrected chi connectivity index (χ1v) is 9.30. The predicted molar refractivity (Wildman–Crippen MR) is 113 cm³/mol. The summed E-state index contributed by atoms with van der Waals surface area (Å²) < 4.78 is 50.2. The van der Waals surface area contributed by atoms with Gasteiger partial charge in [-0.25, -0.2) is 0 Å². The molecule has 0 heterocycles. The SMILES string of the molecule is CN=C(NCCS(=O)C(C)(C)C)NC(C)c1cccc(C(F)(F)F)c1.I. The Kier molecular flexibility index (Phi) is 10.1. The standard InChI is InChI=1S/C17H26F3N3OS.HI/c1-12(13-7-6-8-14(11-13)17(18,19)20)23-15(21-5)22-9-10-25(24)16(2,3)4;/h6-8,11-12H,9-10H2,1-5H3,(H2,21,22,23);1H. The maximum absolute atomic E-state index is 12.8. The van der Waals surface area contributed by atoms with Gasteiger partial charge >= 0.3 is 6.18 Å². The smallest absolute Gasteiger partial charge is 0.355 e. The summed E-state index contributed by atoms with van der Waals surface area (Å²) in [5.74, 6) is 0.915. The molecule has 9 heteroatoms. The third kappa shape index (κ3) is 8.24. The van der Waals surface area contributed by atoms with E-state index in [1.807, 2.05) is 20.8 Å². The van der Waals surface area contributed by atoms with Gasteiger partial charge in [-0.15, -0.1) is 24.0 Å². The lowest BCUT2D eigenvalue weighted by atomic mass is 10.1. The number of aliphatic imine (C=N–C) groups is 1. The van der Waals surface area contributed by atoms with Gasteiger partial charge in [0, 0.05) is 34.9 Å². The van der Waals surface area contributed by atoms with Crippen LogP contribution < -0.4 is 10.6 Å². The minimum absolute atomic E-state index is 0. The first-order chi connectivity index (χ1) is 11.4. The Balaban J connectivity index is 0.00000625. The van der Waals surface area contributed by atoms with Gasteiger partial charge in [0.15, 0.2) is 5.96 Å². The van der Waals surface area contributed by atoms with Crippen LogP contribution in [0.2, 0.25) is 0 Å². The fraction of sp³-hybridized carbons (Fsp3) is 0.588. The summed E-state index contributed by atoms with van der Waals surface area (Å²) in [4.78, 5) is 4.06. The molecule has 0 saturated carbocycles. The lowest BCUT2D eigenvalue weighted by Gasteiger charge is -2.21. The molecule has 0 fully saturated rings. The highest BCUT2D eigenvalue weighted by molar-refractivity contribution is 14.0. The van der Waals surface area contributed by atoms with Crippen molar-refractivity contribution < 1.29 is 17.4 Å². The second-order valence-corrected chi connectivity index (χ2v) is 8.97. The van der Waals surface area contributed by atoms with Crippen LogP contribution in [0.4, 0.5) is 13.2 Å². The maximum Gasteiger partial charge on any atom is 0.416 e. The molecule has 1 aromatic rings. The summed E-state index contributed by atoms with van der Waals surface area (Å²) in [7, 11) is 0.591. The monoisotopic (exact) mass is 505 g/mol. The third-order valence-corrected chi connectivity index (χ3v) is 5.49. The van der Waals surface area contributed by atoms with Crippen molar-refractivity contribution in [1.82, 2.24) is 10.6 Å². The first-order valence-electron chi connectivity index (χ1n) is 7.98. The Hall–Kier alpha value is -0.840. The zero-order valence-corrected chi connectivity index (χ0v) is 18.8. The van der Waals surface area contributed by atoms with Gasteiger partial charge in [0.2, 0.25) is 0 Å². The van der Waals surface area contributed by atoms with Crippen molar-refractivity contribution in [2.45, 2.75) is 44.7 Å². The molecule has 2 unspecified atom stereocenters. The number of halogens is 4. The number of hydrogen-bond acceptors (Lipinski definition) is 2. The summed E-state index contributed by atoms with van der Waals surface area (Å²) >= 11 is 0. The number of nitrogens with one attached hydrogen (secondary N) is 2. The quantitative estimate of drug-likeness (QED) is 0.360. The second-order valence-electron chi connectivity index (χ2n) is 6.65. The van der Waals surface area contributed by atoms with Gasteiger partial charge in [-0.05, 0) is 45.4 Å². The molecule has 0 spiro atoms. The summed E-state index contributed by atoms with van der Waals surface area (Å²) in [6.45, 7) is 7.94. The summed E-state index contributed by atoms with van der Waals surface area (Å²) in [6.07, 6.45) is -4.37. The van der Waals surface area contributed by atoms with E-state index in [9.17, 15) is 17.4 Å². The van der Waals surface area contributed by atoms with Crippen molar-refractivity contribution in [3.63, 3.8) is 0 Å². The van der Waals surface area contributed by atoms with Crippen LogP contribution in [0.5, 0.6) is 0 Å². The molecule has 0 radical (unpaired) electrons. The van der Waals surface area contributed by atoms with Gasteiger partial charge in [-0.2, -0.15) is 13.2 Å². The average Bonchev–Trinajstić information content (AvgIpc) is 2.52. The number of benzene rings is 1. The maximum atomic E-state index is 12.8. The van der Waals surface area contributed by atoms with E-state index in [4.69, 9.17) is 0 Å². The summed E-state index contributed by atoms with van der Waals surface area (Å²) in [5.41, 5.74) is -0.168. The molecule has 1 rings (SSSR count). The molecular weight excluding hydrogens is 478 g/mol. The van der Waals surface area contributed by atoms with Crippen molar-refractivity contribution in [2.75, 3.05) is 19.3 Å². The normalized spacial score (nSPS) is 15.0. The number of guanidine groups is 1. The Morgan fingerprint density at radius 1 is 1.27 bits per heavy atom. The molecule has 0 aliphatic heterocycles. The van der Waals surface area contributed by atoms with E-state index in [-0.39, 0.29) is 34.8 Å². The van der Waals surface area contributed by atoms with Crippen molar-refractivity contribution in [3.05, 3.63) is 35.4 Å². The average molecular weight is 505 g/mol. The van der Waals surface area contributed by atoms with Crippen LogP contribution in [0.15, 0.2) is 29.3 Å².